The maximum Gasteiger partial charge on any atom is 0.419 e. The molecule has 1 nitrogen and oxygen atoms in total. The van der Waals surface area contributed by atoms with Crippen molar-refractivity contribution < 1.29 is 22.0 Å². The number of rotatable bonds is 3. The molecule has 2 aromatic rings. The molecule has 0 aliphatic rings. The summed E-state index contributed by atoms with van der Waals surface area (Å²) < 4.78 is 63.9. The zero-order valence-electron chi connectivity index (χ0n) is 11.1. The molecule has 0 bridgehead atoms. The molecule has 0 heterocycles. The molecule has 0 aromatic heterocycles. The van der Waals surface area contributed by atoms with E-state index in [0.29, 0.717) is 11.3 Å². The van der Waals surface area contributed by atoms with Gasteiger partial charge in [0.2, 0.25) is 0 Å². The lowest BCUT2D eigenvalue weighted by atomic mass is 10.1. The highest BCUT2D eigenvalue weighted by Gasteiger charge is 2.34. The lowest BCUT2D eigenvalue weighted by molar-refractivity contribution is -0.140. The van der Waals surface area contributed by atoms with E-state index in [1.165, 1.54) is 24.3 Å². The molecule has 0 fully saturated rings. The molecular formula is C15H12F5N. The lowest BCUT2D eigenvalue weighted by Gasteiger charge is -2.12. The first kappa shape index (κ1) is 15.3. The van der Waals surface area contributed by atoms with Gasteiger partial charge in [-0.3, -0.25) is 0 Å². The Balaban J connectivity index is 2.17. The van der Waals surface area contributed by atoms with Crippen molar-refractivity contribution in [3.05, 3.63) is 64.7 Å². The minimum atomic E-state index is -4.73. The largest absolute Gasteiger partial charge is 0.419 e. The van der Waals surface area contributed by atoms with Gasteiger partial charge < -0.3 is 5.32 Å². The van der Waals surface area contributed by atoms with Crippen LogP contribution in [-0.4, -0.2) is 0 Å². The molecule has 2 aromatic carbocycles. The van der Waals surface area contributed by atoms with E-state index in [4.69, 9.17) is 0 Å². The van der Waals surface area contributed by atoms with Crippen molar-refractivity contribution in [1.82, 2.24) is 0 Å². The van der Waals surface area contributed by atoms with Crippen LogP contribution in [0.15, 0.2) is 36.4 Å². The van der Waals surface area contributed by atoms with Gasteiger partial charge in [-0.2, -0.15) is 13.2 Å². The Morgan fingerprint density at radius 2 is 1.71 bits per heavy atom. The van der Waals surface area contributed by atoms with Gasteiger partial charge in [-0.15, -0.1) is 0 Å². The molecule has 0 saturated heterocycles. The van der Waals surface area contributed by atoms with Gasteiger partial charge >= 0.3 is 6.18 Å². The number of halogens is 5. The summed E-state index contributed by atoms with van der Waals surface area (Å²) in [7, 11) is 0. The Labute approximate surface area is 118 Å². The van der Waals surface area contributed by atoms with Crippen molar-refractivity contribution in [2.75, 3.05) is 5.32 Å². The summed E-state index contributed by atoms with van der Waals surface area (Å²) in [6.45, 7) is 1.76. The highest BCUT2D eigenvalue weighted by atomic mass is 19.4. The molecule has 0 amide bonds. The van der Waals surface area contributed by atoms with E-state index >= 15 is 0 Å². The normalized spacial score (nSPS) is 11.5. The van der Waals surface area contributed by atoms with Crippen LogP contribution < -0.4 is 5.32 Å². The minimum absolute atomic E-state index is 0.0792. The topological polar surface area (TPSA) is 12.0 Å². The fraction of sp³-hybridized carbons (Fsp3) is 0.200. The summed E-state index contributed by atoms with van der Waals surface area (Å²) >= 11 is 0. The van der Waals surface area contributed by atoms with E-state index in [1.54, 1.807) is 6.92 Å². The molecule has 0 aliphatic heterocycles. The minimum Gasteiger partial charge on any atom is -0.381 e. The summed E-state index contributed by atoms with van der Waals surface area (Å²) in [5, 5.41) is 2.90. The van der Waals surface area contributed by atoms with Gasteiger partial charge in [0, 0.05) is 12.2 Å². The number of benzene rings is 2. The molecule has 0 saturated carbocycles. The number of hydrogen-bond donors (Lipinski definition) is 1. The van der Waals surface area contributed by atoms with E-state index < -0.39 is 17.6 Å². The van der Waals surface area contributed by atoms with Crippen molar-refractivity contribution >= 4 is 5.69 Å². The van der Waals surface area contributed by atoms with Crippen LogP contribution in [0.4, 0.5) is 27.6 Å². The van der Waals surface area contributed by atoms with E-state index in [0.717, 1.165) is 12.1 Å². The fourth-order valence-electron chi connectivity index (χ4n) is 1.92. The Bertz CT molecular complexity index is 649. The summed E-state index contributed by atoms with van der Waals surface area (Å²) in [5.74, 6) is -1.69. The Morgan fingerprint density at radius 1 is 1.00 bits per heavy atom. The summed E-state index contributed by atoms with van der Waals surface area (Å²) in [6.07, 6.45) is -4.73. The summed E-state index contributed by atoms with van der Waals surface area (Å²) in [6, 6.07) is 6.89. The molecular weight excluding hydrogens is 289 g/mol. The van der Waals surface area contributed by atoms with E-state index in [9.17, 15) is 22.0 Å². The van der Waals surface area contributed by atoms with Crippen LogP contribution in [0, 0.1) is 18.6 Å². The predicted molar refractivity (Wildman–Crippen MR) is 69.9 cm³/mol. The monoisotopic (exact) mass is 301 g/mol. The molecule has 0 aliphatic carbocycles. The van der Waals surface area contributed by atoms with E-state index in [2.05, 4.69) is 5.32 Å². The van der Waals surface area contributed by atoms with Crippen LogP contribution in [-0.2, 0) is 12.7 Å². The first-order valence-electron chi connectivity index (χ1n) is 6.13. The second kappa shape index (κ2) is 5.71. The van der Waals surface area contributed by atoms with Gasteiger partial charge in [0.15, 0.2) is 0 Å². The Kier molecular flexibility index (Phi) is 4.16. The van der Waals surface area contributed by atoms with Crippen LogP contribution in [0.25, 0.3) is 0 Å². The van der Waals surface area contributed by atoms with Crippen molar-refractivity contribution in [3.63, 3.8) is 0 Å². The summed E-state index contributed by atoms with van der Waals surface area (Å²) in [5.41, 5.74) is 0.229. The maximum absolute atomic E-state index is 13.2. The standard InChI is InChI=1S/C15H12F5N/c1-9-6-11(16)3-5-14(9)21-8-10-2-4-13(17)12(7-10)15(18,19)20/h2-7,21H,8H2,1H3. The lowest BCUT2D eigenvalue weighted by Crippen LogP contribution is -2.10. The number of hydrogen-bond acceptors (Lipinski definition) is 1. The van der Waals surface area contributed by atoms with Gasteiger partial charge in [-0.25, -0.2) is 8.78 Å². The van der Waals surface area contributed by atoms with Crippen molar-refractivity contribution in [2.45, 2.75) is 19.6 Å². The molecule has 0 atom stereocenters. The SMILES string of the molecule is Cc1cc(F)ccc1NCc1ccc(F)c(C(F)(F)F)c1. The molecule has 0 unspecified atom stereocenters. The van der Waals surface area contributed by atoms with Crippen LogP contribution in [0.2, 0.25) is 0 Å². The fourth-order valence-corrected chi connectivity index (χ4v) is 1.92. The number of alkyl halides is 3. The molecule has 2 rings (SSSR count). The van der Waals surface area contributed by atoms with E-state index in [-0.39, 0.29) is 17.9 Å². The predicted octanol–water partition coefficient (Wildman–Crippen LogP) is 4.90. The summed E-state index contributed by atoms with van der Waals surface area (Å²) in [4.78, 5) is 0. The average molecular weight is 301 g/mol. The third-order valence-electron chi connectivity index (χ3n) is 3.01. The van der Waals surface area contributed by atoms with Crippen molar-refractivity contribution in [2.24, 2.45) is 0 Å². The molecule has 0 radical (unpaired) electrons. The molecule has 112 valence electrons. The molecule has 0 spiro atoms. The molecule has 1 N–H and O–H groups in total. The number of aryl methyl sites for hydroxylation is 1. The highest BCUT2D eigenvalue weighted by Crippen LogP contribution is 2.32. The zero-order chi connectivity index (χ0) is 15.6. The van der Waals surface area contributed by atoms with Crippen molar-refractivity contribution in [1.29, 1.82) is 0 Å². The zero-order valence-corrected chi connectivity index (χ0v) is 11.1. The highest BCUT2D eigenvalue weighted by molar-refractivity contribution is 5.51. The smallest absolute Gasteiger partial charge is 0.381 e. The van der Waals surface area contributed by atoms with Gasteiger partial charge in [0.1, 0.15) is 11.6 Å². The second-order valence-corrected chi connectivity index (χ2v) is 4.62. The van der Waals surface area contributed by atoms with Crippen LogP contribution >= 0.6 is 0 Å². The van der Waals surface area contributed by atoms with Crippen LogP contribution in [0.5, 0.6) is 0 Å². The maximum atomic E-state index is 13.2. The third kappa shape index (κ3) is 3.71. The second-order valence-electron chi connectivity index (χ2n) is 4.62. The average Bonchev–Trinajstić information content (AvgIpc) is 2.38. The van der Waals surface area contributed by atoms with E-state index in [1.807, 2.05) is 0 Å². The number of anilines is 1. The third-order valence-corrected chi connectivity index (χ3v) is 3.01. The Morgan fingerprint density at radius 3 is 2.33 bits per heavy atom. The Hall–Kier alpha value is -2.11. The number of nitrogens with one attached hydrogen (secondary N) is 1. The first-order valence-corrected chi connectivity index (χ1v) is 6.13. The van der Waals surface area contributed by atoms with Gasteiger partial charge in [-0.05, 0) is 48.4 Å². The molecule has 21 heavy (non-hydrogen) atoms. The van der Waals surface area contributed by atoms with Crippen molar-refractivity contribution in [3.8, 4) is 0 Å². The van der Waals surface area contributed by atoms with Crippen LogP contribution in [0.3, 0.4) is 0 Å². The quantitative estimate of drug-likeness (QED) is 0.795. The van der Waals surface area contributed by atoms with Crippen LogP contribution in [0.1, 0.15) is 16.7 Å². The van der Waals surface area contributed by atoms with Gasteiger partial charge in [-0.1, -0.05) is 6.07 Å². The van der Waals surface area contributed by atoms with Gasteiger partial charge in [0.25, 0.3) is 0 Å². The molecule has 6 heteroatoms. The van der Waals surface area contributed by atoms with Gasteiger partial charge in [0.05, 0.1) is 5.56 Å². The first-order chi connectivity index (χ1) is 9.77.